The highest BCUT2D eigenvalue weighted by Crippen LogP contribution is 2.19. The molecular formula is C17H26N6. The molecule has 0 aliphatic rings. The summed E-state index contributed by atoms with van der Waals surface area (Å²) < 4.78 is 0. The molecule has 0 fully saturated rings. The van der Waals surface area contributed by atoms with Crippen molar-refractivity contribution in [3.63, 3.8) is 0 Å². The van der Waals surface area contributed by atoms with Gasteiger partial charge in [-0.15, -0.1) is 0 Å². The predicted octanol–water partition coefficient (Wildman–Crippen LogP) is 2.65. The van der Waals surface area contributed by atoms with Crippen molar-refractivity contribution in [2.75, 3.05) is 56.8 Å². The van der Waals surface area contributed by atoms with Crippen LogP contribution in [-0.4, -0.2) is 56.1 Å². The van der Waals surface area contributed by atoms with Crippen LogP contribution in [0.25, 0.3) is 0 Å². The highest BCUT2D eigenvalue weighted by molar-refractivity contribution is 5.60. The highest BCUT2D eigenvalue weighted by Gasteiger charge is 2.01. The van der Waals surface area contributed by atoms with Gasteiger partial charge in [-0.1, -0.05) is 0 Å². The molecule has 0 unspecified atom stereocenters. The summed E-state index contributed by atoms with van der Waals surface area (Å²) in [6, 6.07) is 10.1. The topological polar surface area (TPSA) is 56.3 Å². The molecule has 1 aromatic carbocycles. The lowest BCUT2D eigenvalue weighted by molar-refractivity contribution is 0.405. The molecular weight excluding hydrogens is 288 g/mol. The minimum atomic E-state index is 0.652. The zero-order valence-electron chi connectivity index (χ0n) is 14.4. The molecule has 6 heteroatoms. The number of aromatic nitrogens is 2. The summed E-state index contributed by atoms with van der Waals surface area (Å²) in [6.07, 6.45) is 2.82. The van der Waals surface area contributed by atoms with Gasteiger partial charge in [0.05, 0.1) is 0 Å². The van der Waals surface area contributed by atoms with Crippen molar-refractivity contribution >= 4 is 23.1 Å². The van der Waals surface area contributed by atoms with Crippen LogP contribution in [0, 0.1) is 0 Å². The molecule has 0 amide bonds. The smallest absolute Gasteiger partial charge is 0.224 e. The highest BCUT2D eigenvalue weighted by atomic mass is 15.1. The van der Waals surface area contributed by atoms with Crippen molar-refractivity contribution in [2.24, 2.45) is 0 Å². The second-order valence-corrected chi connectivity index (χ2v) is 5.92. The van der Waals surface area contributed by atoms with Gasteiger partial charge in [0.25, 0.3) is 0 Å². The van der Waals surface area contributed by atoms with Crippen molar-refractivity contribution in [2.45, 2.75) is 6.42 Å². The van der Waals surface area contributed by atoms with Crippen molar-refractivity contribution in [3.8, 4) is 0 Å². The quantitative estimate of drug-likeness (QED) is 0.731. The summed E-state index contributed by atoms with van der Waals surface area (Å²) in [5.74, 6) is 1.44. The van der Waals surface area contributed by atoms with Crippen LogP contribution in [-0.2, 0) is 0 Å². The largest absolute Gasteiger partial charge is 0.378 e. The van der Waals surface area contributed by atoms with Crippen molar-refractivity contribution in [1.29, 1.82) is 0 Å². The van der Waals surface area contributed by atoms with Gasteiger partial charge in [0.15, 0.2) is 0 Å². The lowest BCUT2D eigenvalue weighted by Gasteiger charge is -2.13. The Kier molecular flexibility index (Phi) is 6.17. The second-order valence-electron chi connectivity index (χ2n) is 5.92. The van der Waals surface area contributed by atoms with E-state index in [0.717, 1.165) is 31.0 Å². The van der Waals surface area contributed by atoms with Gasteiger partial charge in [0.2, 0.25) is 5.95 Å². The number of hydrogen-bond donors (Lipinski definition) is 2. The first-order valence-electron chi connectivity index (χ1n) is 7.80. The normalized spacial score (nSPS) is 10.7. The molecule has 0 aliphatic heterocycles. The third-order valence-electron chi connectivity index (χ3n) is 3.38. The zero-order valence-corrected chi connectivity index (χ0v) is 14.4. The fraction of sp³-hybridized carbons (Fsp3) is 0.412. The SMILES string of the molecule is CN(C)CCCNc1nccc(Nc2ccc(N(C)C)cc2)n1. The second kappa shape index (κ2) is 8.33. The van der Waals surface area contributed by atoms with Crippen LogP contribution in [0.1, 0.15) is 6.42 Å². The molecule has 0 saturated carbocycles. The summed E-state index contributed by atoms with van der Waals surface area (Å²) in [4.78, 5) is 13.0. The average molecular weight is 314 g/mol. The van der Waals surface area contributed by atoms with Crippen LogP contribution in [0.5, 0.6) is 0 Å². The van der Waals surface area contributed by atoms with Gasteiger partial charge in [-0.25, -0.2) is 4.98 Å². The van der Waals surface area contributed by atoms with Crippen LogP contribution in [0.4, 0.5) is 23.1 Å². The predicted molar refractivity (Wildman–Crippen MR) is 97.7 cm³/mol. The summed E-state index contributed by atoms with van der Waals surface area (Å²) in [6.45, 7) is 1.91. The molecule has 1 aromatic heterocycles. The number of nitrogens with zero attached hydrogens (tertiary/aromatic N) is 4. The van der Waals surface area contributed by atoms with E-state index in [1.807, 2.05) is 32.3 Å². The summed E-state index contributed by atoms with van der Waals surface area (Å²) in [5.41, 5.74) is 2.18. The van der Waals surface area contributed by atoms with E-state index in [1.165, 1.54) is 5.69 Å². The van der Waals surface area contributed by atoms with Gasteiger partial charge in [0.1, 0.15) is 5.82 Å². The maximum atomic E-state index is 4.48. The molecule has 6 nitrogen and oxygen atoms in total. The monoisotopic (exact) mass is 314 g/mol. The van der Waals surface area contributed by atoms with E-state index in [0.29, 0.717) is 5.95 Å². The molecule has 2 N–H and O–H groups in total. The lowest BCUT2D eigenvalue weighted by Crippen LogP contribution is -2.17. The molecule has 0 aliphatic carbocycles. The number of rotatable bonds is 8. The van der Waals surface area contributed by atoms with E-state index in [2.05, 4.69) is 56.6 Å². The molecule has 2 rings (SSSR count). The molecule has 0 spiro atoms. The molecule has 0 radical (unpaired) electrons. The molecule has 0 saturated heterocycles. The van der Waals surface area contributed by atoms with Crippen molar-refractivity contribution in [1.82, 2.24) is 14.9 Å². The maximum Gasteiger partial charge on any atom is 0.224 e. The molecule has 2 aromatic rings. The molecule has 0 atom stereocenters. The average Bonchev–Trinajstić information content (AvgIpc) is 2.52. The Bertz CT molecular complexity index is 594. The van der Waals surface area contributed by atoms with E-state index < -0.39 is 0 Å². The zero-order chi connectivity index (χ0) is 16.7. The van der Waals surface area contributed by atoms with Crippen molar-refractivity contribution < 1.29 is 0 Å². The fourth-order valence-electron chi connectivity index (χ4n) is 2.10. The first-order valence-corrected chi connectivity index (χ1v) is 7.80. The van der Waals surface area contributed by atoms with E-state index in [1.54, 1.807) is 6.20 Å². The van der Waals surface area contributed by atoms with Gasteiger partial charge in [-0.05, 0) is 57.4 Å². The fourth-order valence-corrected chi connectivity index (χ4v) is 2.10. The number of nitrogens with one attached hydrogen (secondary N) is 2. The van der Waals surface area contributed by atoms with Crippen LogP contribution >= 0.6 is 0 Å². The van der Waals surface area contributed by atoms with E-state index in [-0.39, 0.29) is 0 Å². The van der Waals surface area contributed by atoms with E-state index >= 15 is 0 Å². The Morgan fingerprint density at radius 1 is 1.00 bits per heavy atom. The van der Waals surface area contributed by atoms with Crippen molar-refractivity contribution in [3.05, 3.63) is 36.5 Å². The van der Waals surface area contributed by atoms with E-state index in [4.69, 9.17) is 0 Å². The third-order valence-corrected chi connectivity index (χ3v) is 3.38. The molecule has 0 bridgehead atoms. The maximum absolute atomic E-state index is 4.48. The minimum Gasteiger partial charge on any atom is -0.378 e. The Morgan fingerprint density at radius 3 is 2.39 bits per heavy atom. The standard InChI is InChI=1S/C17H26N6/c1-22(2)13-5-11-18-17-19-12-10-16(21-17)20-14-6-8-15(9-7-14)23(3)4/h6-10,12H,5,11,13H2,1-4H3,(H2,18,19,20,21). The summed E-state index contributed by atoms with van der Waals surface area (Å²) >= 11 is 0. The van der Waals surface area contributed by atoms with Crippen LogP contribution in [0.15, 0.2) is 36.5 Å². The van der Waals surface area contributed by atoms with E-state index in [9.17, 15) is 0 Å². The van der Waals surface area contributed by atoms with Gasteiger partial charge >= 0.3 is 0 Å². The summed E-state index contributed by atoms with van der Waals surface area (Å²) in [7, 11) is 8.20. The number of benzene rings is 1. The lowest BCUT2D eigenvalue weighted by atomic mass is 10.2. The first kappa shape index (κ1) is 17.0. The molecule has 1 heterocycles. The Morgan fingerprint density at radius 2 is 1.74 bits per heavy atom. The molecule has 23 heavy (non-hydrogen) atoms. The van der Waals surface area contributed by atoms with Gasteiger partial charge in [-0.2, -0.15) is 4.98 Å². The summed E-state index contributed by atoms with van der Waals surface area (Å²) in [5, 5.41) is 6.56. The first-order chi connectivity index (χ1) is 11.0. The van der Waals surface area contributed by atoms with Gasteiger partial charge in [0, 0.05) is 38.2 Å². The number of anilines is 4. The Labute approximate surface area is 138 Å². The Balaban J connectivity index is 1.91. The van der Waals surface area contributed by atoms with Gasteiger partial charge in [-0.3, -0.25) is 0 Å². The minimum absolute atomic E-state index is 0.652. The van der Waals surface area contributed by atoms with Crippen LogP contribution < -0.4 is 15.5 Å². The van der Waals surface area contributed by atoms with Gasteiger partial charge < -0.3 is 20.4 Å². The third kappa shape index (κ3) is 5.75. The molecule has 124 valence electrons. The van der Waals surface area contributed by atoms with Crippen LogP contribution in [0.3, 0.4) is 0 Å². The Hall–Kier alpha value is -2.34. The van der Waals surface area contributed by atoms with Crippen LogP contribution in [0.2, 0.25) is 0 Å². The number of hydrogen-bond acceptors (Lipinski definition) is 6.